The van der Waals surface area contributed by atoms with Crippen LogP contribution in [0.5, 0.6) is 0 Å². The molecule has 2 rings (SSSR count). The van der Waals surface area contributed by atoms with Crippen molar-refractivity contribution in [3.8, 4) is 0 Å². The Morgan fingerprint density at radius 2 is 2.16 bits per heavy atom. The van der Waals surface area contributed by atoms with Gasteiger partial charge < -0.3 is 15.4 Å². The quantitative estimate of drug-likeness (QED) is 0.670. The molecule has 0 spiro atoms. The van der Waals surface area contributed by atoms with Gasteiger partial charge in [0.05, 0.1) is 0 Å². The van der Waals surface area contributed by atoms with Crippen molar-refractivity contribution in [2.24, 2.45) is 5.92 Å². The first-order valence-electron chi connectivity index (χ1n) is 6.81. The van der Waals surface area contributed by atoms with Gasteiger partial charge in [-0.2, -0.15) is 0 Å². The molecule has 1 saturated heterocycles. The molecule has 0 aromatic rings. The third-order valence-corrected chi connectivity index (χ3v) is 3.46. The summed E-state index contributed by atoms with van der Waals surface area (Å²) in [5, 5.41) is 5.59. The van der Waals surface area contributed by atoms with Crippen LogP contribution >= 0.6 is 0 Å². The third kappa shape index (κ3) is 4.22. The van der Waals surface area contributed by atoms with Gasteiger partial charge >= 0.3 is 5.97 Å². The first kappa shape index (κ1) is 13.8. The standard InChI is InChI=1S/C13H20N2O4/c1-8(16)19-11(13(18)15-10-3-4-10)5-2-9-6-7-14-12(9)17/h9-11H,2-7H2,1H3,(H,14,17)(H,15,18)/t9-,11?/m0/s1. The van der Waals surface area contributed by atoms with E-state index in [9.17, 15) is 14.4 Å². The van der Waals surface area contributed by atoms with Crippen LogP contribution in [-0.2, 0) is 19.1 Å². The molecule has 0 aromatic heterocycles. The van der Waals surface area contributed by atoms with Gasteiger partial charge in [0.2, 0.25) is 5.91 Å². The Morgan fingerprint density at radius 3 is 2.68 bits per heavy atom. The Labute approximate surface area is 112 Å². The predicted molar refractivity (Wildman–Crippen MR) is 67.1 cm³/mol. The van der Waals surface area contributed by atoms with Crippen molar-refractivity contribution >= 4 is 17.8 Å². The Bertz CT molecular complexity index is 379. The van der Waals surface area contributed by atoms with Crippen molar-refractivity contribution in [2.75, 3.05) is 6.54 Å². The van der Waals surface area contributed by atoms with E-state index in [-0.39, 0.29) is 23.8 Å². The second kappa shape index (κ2) is 6.04. The van der Waals surface area contributed by atoms with E-state index in [1.807, 2.05) is 0 Å². The van der Waals surface area contributed by atoms with Crippen LogP contribution in [0.3, 0.4) is 0 Å². The van der Waals surface area contributed by atoms with Gasteiger partial charge in [-0.1, -0.05) is 0 Å². The van der Waals surface area contributed by atoms with Crippen LogP contribution in [0.25, 0.3) is 0 Å². The molecule has 2 amide bonds. The first-order valence-corrected chi connectivity index (χ1v) is 6.81. The molecule has 0 aromatic carbocycles. The molecule has 2 N–H and O–H groups in total. The average molecular weight is 268 g/mol. The molecule has 2 aliphatic rings. The number of nitrogens with one attached hydrogen (secondary N) is 2. The Morgan fingerprint density at radius 1 is 1.42 bits per heavy atom. The lowest BCUT2D eigenvalue weighted by molar-refractivity contribution is -0.154. The minimum atomic E-state index is -0.772. The zero-order valence-corrected chi connectivity index (χ0v) is 11.1. The summed E-state index contributed by atoms with van der Waals surface area (Å²) in [5.74, 6) is -0.737. The number of amides is 2. The summed E-state index contributed by atoms with van der Waals surface area (Å²) in [6.45, 7) is 1.98. The second-order valence-electron chi connectivity index (χ2n) is 5.23. The summed E-state index contributed by atoms with van der Waals surface area (Å²) in [6, 6.07) is 0.236. The lowest BCUT2D eigenvalue weighted by Gasteiger charge is -2.17. The van der Waals surface area contributed by atoms with Gasteiger partial charge in [0.15, 0.2) is 6.10 Å². The molecular formula is C13H20N2O4. The summed E-state index contributed by atoms with van der Waals surface area (Å²) in [6.07, 6.45) is 2.97. The van der Waals surface area contributed by atoms with E-state index < -0.39 is 12.1 Å². The average Bonchev–Trinajstić information content (AvgIpc) is 3.06. The molecule has 1 unspecified atom stereocenters. The number of hydrogen-bond acceptors (Lipinski definition) is 4. The maximum atomic E-state index is 11.9. The van der Waals surface area contributed by atoms with E-state index in [0.29, 0.717) is 19.4 Å². The monoisotopic (exact) mass is 268 g/mol. The Kier molecular flexibility index (Phi) is 4.39. The molecule has 106 valence electrons. The number of esters is 1. The molecule has 1 aliphatic carbocycles. The van der Waals surface area contributed by atoms with Crippen LogP contribution in [-0.4, -0.2) is 36.5 Å². The van der Waals surface area contributed by atoms with E-state index in [2.05, 4.69) is 10.6 Å². The molecule has 2 atom stereocenters. The van der Waals surface area contributed by atoms with Crippen molar-refractivity contribution in [3.63, 3.8) is 0 Å². The molecule has 6 nitrogen and oxygen atoms in total. The number of hydrogen-bond donors (Lipinski definition) is 2. The van der Waals surface area contributed by atoms with Crippen LogP contribution in [0.15, 0.2) is 0 Å². The summed E-state index contributed by atoms with van der Waals surface area (Å²) in [7, 11) is 0. The molecule has 6 heteroatoms. The molecule has 1 heterocycles. The van der Waals surface area contributed by atoms with E-state index in [4.69, 9.17) is 4.74 Å². The van der Waals surface area contributed by atoms with Crippen LogP contribution in [0.2, 0.25) is 0 Å². The Hall–Kier alpha value is -1.59. The highest BCUT2D eigenvalue weighted by Crippen LogP contribution is 2.21. The number of carbonyl (C=O) groups is 3. The van der Waals surface area contributed by atoms with E-state index in [1.165, 1.54) is 6.92 Å². The van der Waals surface area contributed by atoms with E-state index in [0.717, 1.165) is 19.3 Å². The minimum absolute atomic E-state index is 0.0316. The summed E-state index contributed by atoms with van der Waals surface area (Å²) < 4.78 is 5.05. The van der Waals surface area contributed by atoms with Crippen molar-refractivity contribution < 1.29 is 19.1 Å². The van der Waals surface area contributed by atoms with Crippen molar-refractivity contribution in [1.82, 2.24) is 10.6 Å². The highest BCUT2D eigenvalue weighted by atomic mass is 16.5. The van der Waals surface area contributed by atoms with Gasteiger partial charge in [-0.15, -0.1) is 0 Å². The van der Waals surface area contributed by atoms with Gasteiger partial charge in [0.25, 0.3) is 5.91 Å². The van der Waals surface area contributed by atoms with Gasteiger partial charge in [-0.3, -0.25) is 14.4 Å². The van der Waals surface area contributed by atoms with Crippen LogP contribution in [0, 0.1) is 5.92 Å². The fourth-order valence-electron chi connectivity index (χ4n) is 2.24. The second-order valence-corrected chi connectivity index (χ2v) is 5.23. The van der Waals surface area contributed by atoms with Gasteiger partial charge in [0.1, 0.15) is 0 Å². The molecule has 2 fully saturated rings. The van der Waals surface area contributed by atoms with Crippen molar-refractivity contribution in [2.45, 2.75) is 51.2 Å². The maximum Gasteiger partial charge on any atom is 0.303 e. The number of ether oxygens (including phenoxy) is 1. The summed E-state index contributed by atoms with van der Waals surface area (Å²) in [4.78, 5) is 34.4. The first-order chi connectivity index (χ1) is 9.06. The zero-order valence-electron chi connectivity index (χ0n) is 11.1. The number of carbonyl (C=O) groups excluding carboxylic acids is 3. The lowest BCUT2D eigenvalue weighted by atomic mass is 9.99. The summed E-state index contributed by atoms with van der Waals surface area (Å²) >= 11 is 0. The zero-order chi connectivity index (χ0) is 13.8. The fourth-order valence-corrected chi connectivity index (χ4v) is 2.24. The van der Waals surface area contributed by atoms with Crippen molar-refractivity contribution in [3.05, 3.63) is 0 Å². The maximum absolute atomic E-state index is 11.9. The van der Waals surface area contributed by atoms with Crippen LogP contribution in [0.4, 0.5) is 0 Å². The number of rotatable bonds is 6. The smallest absolute Gasteiger partial charge is 0.303 e. The van der Waals surface area contributed by atoms with Crippen LogP contribution in [0.1, 0.15) is 39.0 Å². The van der Waals surface area contributed by atoms with Crippen LogP contribution < -0.4 is 10.6 Å². The molecule has 1 saturated carbocycles. The third-order valence-electron chi connectivity index (χ3n) is 3.46. The SMILES string of the molecule is CC(=O)OC(CC[C@H]1CCNC1=O)C(=O)NC1CC1. The normalized spacial score (nSPS) is 23.6. The predicted octanol–water partition coefficient (Wildman–Crippen LogP) is 0.113. The molecule has 0 radical (unpaired) electrons. The highest BCUT2D eigenvalue weighted by Gasteiger charge is 2.31. The largest absolute Gasteiger partial charge is 0.452 e. The molecule has 19 heavy (non-hydrogen) atoms. The lowest BCUT2D eigenvalue weighted by Crippen LogP contribution is -2.39. The minimum Gasteiger partial charge on any atom is -0.452 e. The van der Waals surface area contributed by atoms with Crippen molar-refractivity contribution in [1.29, 1.82) is 0 Å². The summed E-state index contributed by atoms with van der Waals surface area (Å²) in [5.41, 5.74) is 0. The highest BCUT2D eigenvalue weighted by molar-refractivity contribution is 5.84. The Balaban J connectivity index is 1.83. The van der Waals surface area contributed by atoms with E-state index in [1.54, 1.807) is 0 Å². The molecular weight excluding hydrogens is 248 g/mol. The topological polar surface area (TPSA) is 84.5 Å². The van der Waals surface area contributed by atoms with Gasteiger partial charge in [0, 0.05) is 25.4 Å². The van der Waals surface area contributed by atoms with Gasteiger partial charge in [-0.05, 0) is 32.1 Å². The van der Waals surface area contributed by atoms with Gasteiger partial charge in [-0.25, -0.2) is 0 Å². The molecule has 0 bridgehead atoms. The molecule has 1 aliphatic heterocycles. The van der Waals surface area contributed by atoms with E-state index >= 15 is 0 Å². The fraction of sp³-hybridized carbons (Fsp3) is 0.769.